The molecule has 12 nitrogen and oxygen atoms in total. The van der Waals surface area contributed by atoms with E-state index in [2.05, 4.69) is 25.6 Å². The van der Waals surface area contributed by atoms with Gasteiger partial charge in [0.05, 0.1) is 12.4 Å². The zero-order valence-electron chi connectivity index (χ0n) is 22.7. The van der Waals surface area contributed by atoms with Crippen molar-refractivity contribution in [3.8, 4) is 0 Å². The number of nitrogens with two attached hydrogens (primary N) is 1. The third kappa shape index (κ3) is 6.87. The lowest BCUT2D eigenvalue weighted by Crippen LogP contribution is -2.57. The van der Waals surface area contributed by atoms with Crippen molar-refractivity contribution in [1.29, 1.82) is 0 Å². The third-order valence-electron chi connectivity index (χ3n) is 7.21. The summed E-state index contributed by atoms with van der Waals surface area (Å²) in [7, 11) is 0. The smallest absolute Gasteiger partial charge is 0.326 e. The number of nitrogens with zero attached hydrogens (tertiary/aromatic N) is 2. The van der Waals surface area contributed by atoms with Gasteiger partial charge in [-0.15, -0.1) is 0 Å². The molecule has 12 heteroatoms. The summed E-state index contributed by atoms with van der Waals surface area (Å²) in [6.07, 6.45) is 6.41. The van der Waals surface area contributed by atoms with Gasteiger partial charge in [-0.1, -0.05) is 32.0 Å². The van der Waals surface area contributed by atoms with Gasteiger partial charge in [-0.2, -0.15) is 0 Å². The van der Waals surface area contributed by atoms with Crippen LogP contribution in [0.5, 0.6) is 0 Å². The second-order valence-corrected chi connectivity index (χ2v) is 10.7. The van der Waals surface area contributed by atoms with Gasteiger partial charge in [0.15, 0.2) is 0 Å². The first-order valence-corrected chi connectivity index (χ1v) is 13.6. The summed E-state index contributed by atoms with van der Waals surface area (Å²) in [5.41, 5.74) is 8.31. The molecular formula is C28H37N7O5. The molecule has 1 fully saturated rings. The molecular weight excluding hydrogens is 514 g/mol. The van der Waals surface area contributed by atoms with Gasteiger partial charge in [-0.3, -0.25) is 14.4 Å². The Labute approximate surface area is 232 Å². The molecule has 0 radical (unpaired) electrons. The number of aromatic nitrogens is 3. The molecule has 4 rings (SSSR count). The van der Waals surface area contributed by atoms with E-state index in [0.29, 0.717) is 31.5 Å². The maximum Gasteiger partial charge on any atom is 0.326 e. The molecule has 0 aliphatic carbocycles. The van der Waals surface area contributed by atoms with Gasteiger partial charge in [0.1, 0.15) is 18.1 Å². The highest BCUT2D eigenvalue weighted by atomic mass is 16.4. The number of aliphatic carboxylic acids is 1. The van der Waals surface area contributed by atoms with Gasteiger partial charge in [0.25, 0.3) is 0 Å². The summed E-state index contributed by atoms with van der Waals surface area (Å²) in [6.45, 7) is 4.36. The number of carbonyl (C=O) groups excluding carboxylic acids is 3. The molecule has 0 spiro atoms. The first-order chi connectivity index (χ1) is 19.1. The number of carboxylic acids is 1. The lowest BCUT2D eigenvalue weighted by Gasteiger charge is -2.29. The molecule has 2 aromatic heterocycles. The highest BCUT2D eigenvalue weighted by molar-refractivity contribution is 5.94. The third-order valence-corrected chi connectivity index (χ3v) is 7.21. The van der Waals surface area contributed by atoms with E-state index in [-0.39, 0.29) is 24.7 Å². The summed E-state index contributed by atoms with van der Waals surface area (Å²) in [6, 6.07) is 3.70. The van der Waals surface area contributed by atoms with Gasteiger partial charge in [-0.05, 0) is 36.8 Å². The standard InChI is InChI=1S/C28H37N7O5/c1-16(2)10-20(29)27(38)35-9-5-8-24(35)26(37)33-22(12-18-14-30-15-32-18)25(36)34-23(28(39)40)11-17-13-31-21-7-4-3-6-19(17)21/h3-4,6-7,13-16,20,22-24,31H,5,8-12,29H2,1-2H3,(H,30,32)(H,33,37)(H,34,36)(H,39,40). The lowest BCUT2D eigenvalue weighted by atomic mass is 10.0. The van der Waals surface area contributed by atoms with E-state index in [1.165, 1.54) is 17.4 Å². The van der Waals surface area contributed by atoms with Crippen LogP contribution in [0.15, 0.2) is 43.0 Å². The number of nitrogens with one attached hydrogen (secondary N) is 4. The first-order valence-electron chi connectivity index (χ1n) is 13.6. The Balaban J connectivity index is 1.48. The van der Waals surface area contributed by atoms with Crippen LogP contribution in [0.25, 0.3) is 10.9 Å². The van der Waals surface area contributed by atoms with Crippen LogP contribution in [-0.4, -0.2) is 79.4 Å². The highest BCUT2D eigenvalue weighted by Gasteiger charge is 2.38. The van der Waals surface area contributed by atoms with Crippen molar-refractivity contribution in [3.63, 3.8) is 0 Å². The summed E-state index contributed by atoms with van der Waals surface area (Å²) in [4.78, 5) is 63.5. The van der Waals surface area contributed by atoms with E-state index < -0.39 is 42.0 Å². The number of rotatable bonds is 12. The molecule has 3 amide bonds. The van der Waals surface area contributed by atoms with E-state index in [1.54, 1.807) is 6.20 Å². The fraction of sp³-hybridized carbons (Fsp3) is 0.464. The molecule has 40 heavy (non-hydrogen) atoms. The Morgan fingerprint density at radius 1 is 1.12 bits per heavy atom. The van der Waals surface area contributed by atoms with Crippen molar-refractivity contribution in [2.45, 2.75) is 70.1 Å². The fourth-order valence-corrected chi connectivity index (χ4v) is 5.21. The topological polar surface area (TPSA) is 186 Å². The molecule has 1 aliphatic rings. The quantitative estimate of drug-likeness (QED) is 0.194. The van der Waals surface area contributed by atoms with E-state index in [0.717, 1.165) is 16.5 Å². The second-order valence-electron chi connectivity index (χ2n) is 10.7. The number of imidazole rings is 1. The molecule has 4 atom stereocenters. The predicted molar refractivity (Wildman–Crippen MR) is 148 cm³/mol. The molecule has 214 valence electrons. The van der Waals surface area contributed by atoms with Crippen molar-refractivity contribution in [2.75, 3.05) is 6.54 Å². The maximum atomic E-state index is 13.4. The average Bonchev–Trinajstić information content (AvgIpc) is 3.68. The molecule has 0 saturated carbocycles. The molecule has 4 unspecified atom stereocenters. The first kappa shape index (κ1) is 28.8. The normalized spacial score (nSPS) is 17.5. The molecule has 3 heterocycles. The van der Waals surface area contributed by atoms with Crippen molar-refractivity contribution < 1.29 is 24.3 Å². The number of benzene rings is 1. The molecule has 7 N–H and O–H groups in total. The number of aromatic amines is 2. The minimum Gasteiger partial charge on any atom is -0.480 e. The number of para-hydroxylation sites is 1. The van der Waals surface area contributed by atoms with Crippen LogP contribution in [0, 0.1) is 5.92 Å². The van der Waals surface area contributed by atoms with E-state index in [4.69, 9.17) is 5.73 Å². The number of hydrogen-bond acceptors (Lipinski definition) is 6. The van der Waals surface area contributed by atoms with Crippen molar-refractivity contribution >= 4 is 34.6 Å². The Bertz CT molecular complexity index is 1340. The van der Waals surface area contributed by atoms with Crippen LogP contribution in [-0.2, 0) is 32.0 Å². The summed E-state index contributed by atoms with van der Waals surface area (Å²) >= 11 is 0. The number of hydrogen-bond donors (Lipinski definition) is 6. The van der Waals surface area contributed by atoms with E-state index in [1.807, 2.05) is 38.1 Å². The van der Waals surface area contributed by atoms with Crippen molar-refractivity contribution in [2.24, 2.45) is 11.7 Å². The van der Waals surface area contributed by atoms with Crippen LogP contribution in [0.2, 0.25) is 0 Å². The SMILES string of the molecule is CC(C)CC(N)C(=O)N1CCCC1C(=O)NC(Cc1cnc[nH]1)C(=O)NC(Cc1c[nH]c2ccccc12)C(=O)O. The minimum atomic E-state index is -1.23. The van der Waals surface area contributed by atoms with Crippen molar-refractivity contribution in [1.82, 2.24) is 30.5 Å². The van der Waals surface area contributed by atoms with E-state index in [9.17, 15) is 24.3 Å². The highest BCUT2D eigenvalue weighted by Crippen LogP contribution is 2.21. The minimum absolute atomic E-state index is 0.0501. The summed E-state index contributed by atoms with van der Waals surface area (Å²) in [5.74, 6) is -2.39. The number of likely N-dealkylation sites (tertiary alicyclic amines) is 1. The Hall–Kier alpha value is -4.19. The van der Waals surface area contributed by atoms with Gasteiger partial charge >= 0.3 is 5.97 Å². The van der Waals surface area contributed by atoms with Gasteiger partial charge < -0.3 is 36.3 Å². The largest absolute Gasteiger partial charge is 0.480 e. The zero-order valence-corrected chi connectivity index (χ0v) is 22.7. The van der Waals surface area contributed by atoms with Gasteiger partial charge in [0.2, 0.25) is 17.7 Å². The Morgan fingerprint density at radius 2 is 1.90 bits per heavy atom. The molecule has 1 aromatic carbocycles. The van der Waals surface area contributed by atoms with Crippen molar-refractivity contribution in [3.05, 3.63) is 54.2 Å². The monoisotopic (exact) mass is 551 g/mol. The molecule has 1 aliphatic heterocycles. The van der Waals surface area contributed by atoms with Crippen LogP contribution in [0.3, 0.4) is 0 Å². The summed E-state index contributed by atoms with van der Waals surface area (Å²) < 4.78 is 0. The van der Waals surface area contributed by atoms with Gasteiger partial charge in [0, 0.05) is 48.4 Å². The molecule has 1 saturated heterocycles. The average molecular weight is 552 g/mol. The van der Waals surface area contributed by atoms with Crippen LogP contribution < -0.4 is 16.4 Å². The number of carboxylic acid groups (broad SMARTS) is 1. The zero-order chi connectivity index (χ0) is 28.8. The molecule has 0 bridgehead atoms. The maximum absolute atomic E-state index is 13.4. The van der Waals surface area contributed by atoms with Gasteiger partial charge in [-0.25, -0.2) is 9.78 Å². The Kier molecular flexibility index (Phi) is 9.20. The Morgan fingerprint density at radius 3 is 2.60 bits per heavy atom. The fourth-order valence-electron chi connectivity index (χ4n) is 5.21. The number of carbonyl (C=O) groups is 4. The second kappa shape index (κ2) is 12.8. The number of amides is 3. The predicted octanol–water partition coefficient (Wildman–Crippen LogP) is 1.09. The van der Waals surface area contributed by atoms with Crippen LogP contribution >= 0.6 is 0 Å². The van der Waals surface area contributed by atoms with E-state index >= 15 is 0 Å². The van der Waals surface area contributed by atoms with Crippen LogP contribution in [0.4, 0.5) is 0 Å². The lowest BCUT2D eigenvalue weighted by molar-refractivity contribution is -0.143. The number of fused-ring (bicyclic) bond motifs is 1. The summed E-state index contributed by atoms with van der Waals surface area (Å²) in [5, 5.41) is 16.1. The van der Waals surface area contributed by atoms with Crippen LogP contribution in [0.1, 0.15) is 44.4 Å². The molecule has 3 aromatic rings. The number of H-pyrrole nitrogens is 2.